The van der Waals surface area contributed by atoms with Gasteiger partial charge in [0.25, 0.3) is 5.95 Å². The van der Waals surface area contributed by atoms with Crippen LogP contribution in [0, 0.1) is 0 Å². The van der Waals surface area contributed by atoms with Gasteiger partial charge >= 0.3 is 5.97 Å². The predicted molar refractivity (Wildman–Crippen MR) is 39.3 cm³/mol. The Morgan fingerprint density at radius 2 is 2.09 bits per heavy atom. The van der Waals surface area contributed by atoms with E-state index in [-0.39, 0.29) is 11.9 Å². The van der Waals surface area contributed by atoms with Crippen molar-refractivity contribution in [1.82, 2.24) is 0 Å². The van der Waals surface area contributed by atoms with Gasteiger partial charge in [-0.3, -0.25) is 0 Å². The summed E-state index contributed by atoms with van der Waals surface area (Å²) in [7, 11) is 0. The number of ether oxygens (including phenoxy) is 2. The minimum atomic E-state index is -0.363. The van der Waals surface area contributed by atoms with E-state index in [1.54, 1.807) is 6.92 Å². The van der Waals surface area contributed by atoms with E-state index in [1.165, 1.54) is 0 Å². The van der Waals surface area contributed by atoms with Crippen LogP contribution in [0.25, 0.3) is 0 Å². The standard InChI is InChI=1S/C8H10O3/c1-4-7-5(2)8(9)11-6(3)10-7/h3-4H2,1-2H3. The Kier molecular flexibility index (Phi) is 1.98. The van der Waals surface area contributed by atoms with E-state index in [2.05, 4.69) is 11.3 Å². The summed E-state index contributed by atoms with van der Waals surface area (Å²) in [5, 5.41) is 0. The maximum absolute atomic E-state index is 11.0. The van der Waals surface area contributed by atoms with Crippen LogP contribution in [0.4, 0.5) is 0 Å². The van der Waals surface area contributed by atoms with Crippen molar-refractivity contribution in [2.24, 2.45) is 0 Å². The maximum Gasteiger partial charge on any atom is 0.344 e. The van der Waals surface area contributed by atoms with E-state index in [1.807, 2.05) is 6.92 Å². The fourth-order valence-corrected chi connectivity index (χ4v) is 0.866. The topological polar surface area (TPSA) is 35.5 Å². The van der Waals surface area contributed by atoms with E-state index >= 15 is 0 Å². The first-order valence-electron chi connectivity index (χ1n) is 3.43. The number of cyclic esters (lactones) is 1. The lowest BCUT2D eigenvalue weighted by Gasteiger charge is -2.17. The average molecular weight is 154 g/mol. The largest absolute Gasteiger partial charge is 0.430 e. The van der Waals surface area contributed by atoms with Crippen molar-refractivity contribution >= 4 is 5.97 Å². The van der Waals surface area contributed by atoms with E-state index in [0.717, 1.165) is 0 Å². The van der Waals surface area contributed by atoms with Gasteiger partial charge in [-0.15, -0.1) is 0 Å². The molecular weight excluding hydrogens is 144 g/mol. The SMILES string of the molecule is C=C1OC(=O)C(C)=C(CC)O1. The van der Waals surface area contributed by atoms with Gasteiger partial charge in [0, 0.05) is 6.42 Å². The molecule has 0 bridgehead atoms. The molecule has 0 saturated carbocycles. The first kappa shape index (κ1) is 7.85. The second kappa shape index (κ2) is 2.78. The Balaban J connectivity index is 2.94. The number of carbonyl (C=O) groups excluding carboxylic acids is 1. The molecule has 0 radical (unpaired) electrons. The molecule has 0 amide bonds. The van der Waals surface area contributed by atoms with Crippen LogP contribution in [0.3, 0.4) is 0 Å². The van der Waals surface area contributed by atoms with Crippen LogP contribution in [0.15, 0.2) is 23.9 Å². The number of rotatable bonds is 1. The van der Waals surface area contributed by atoms with Crippen molar-refractivity contribution in [2.45, 2.75) is 20.3 Å². The Morgan fingerprint density at radius 1 is 1.45 bits per heavy atom. The quantitative estimate of drug-likeness (QED) is 0.539. The Labute approximate surface area is 65.3 Å². The second-order valence-electron chi connectivity index (χ2n) is 2.27. The van der Waals surface area contributed by atoms with Crippen LogP contribution in [0.2, 0.25) is 0 Å². The molecule has 0 aromatic heterocycles. The molecule has 0 aliphatic carbocycles. The fourth-order valence-electron chi connectivity index (χ4n) is 0.866. The molecule has 1 rings (SSSR count). The number of esters is 1. The van der Waals surface area contributed by atoms with Gasteiger partial charge in [0.1, 0.15) is 5.76 Å². The van der Waals surface area contributed by atoms with Gasteiger partial charge in [-0.1, -0.05) is 6.92 Å². The Morgan fingerprint density at radius 3 is 2.64 bits per heavy atom. The van der Waals surface area contributed by atoms with Crippen LogP contribution in [-0.2, 0) is 14.3 Å². The molecule has 1 heterocycles. The molecule has 0 aromatic rings. The lowest BCUT2D eigenvalue weighted by Crippen LogP contribution is -2.15. The highest BCUT2D eigenvalue weighted by Gasteiger charge is 2.20. The summed E-state index contributed by atoms with van der Waals surface area (Å²) in [5.74, 6) is 0.349. The third kappa shape index (κ3) is 1.42. The van der Waals surface area contributed by atoms with Crippen molar-refractivity contribution in [2.75, 3.05) is 0 Å². The predicted octanol–water partition coefficient (Wildman–Crippen LogP) is 1.71. The molecule has 0 N–H and O–H groups in total. The molecule has 0 atom stereocenters. The van der Waals surface area contributed by atoms with Crippen LogP contribution in [0.1, 0.15) is 20.3 Å². The normalized spacial score (nSPS) is 18.0. The summed E-state index contributed by atoms with van der Waals surface area (Å²) in [6, 6.07) is 0. The van der Waals surface area contributed by atoms with Crippen LogP contribution in [-0.4, -0.2) is 5.97 Å². The van der Waals surface area contributed by atoms with Crippen LogP contribution in [0.5, 0.6) is 0 Å². The van der Waals surface area contributed by atoms with Crippen molar-refractivity contribution in [3.05, 3.63) is 23.9 Å². The second-order valence-corrected chi connectivity index (χ2v) is 2.27. The molecule has 11 heavy (non-hydrogen) atoms. The minimum Gasteiger partial charge on any atom is -0.430 e. The highest BCUT2D eigenvalue weighted by Crippen LogP contribution is 2.21. The van der Waals surface area contributed by atoms with Gasteiger partial charge in [0.15, 0.2) is 0 Å². The van der Waals surface area contributed by atoms with Crippen molar-refractivity contribution in [3.8, 4) is 0 Å². The Hall–Kier alpha value is -1.25. The third-order valence-corrected chi connectivity index (χ3v) is 1.49. The lowest BCUT2D eigenvalue weighted by atomic mass is 10.2. The number of allylic oxidation sites excluding steroid dienone is 1. The van der Waals surface area contributed by atoms with Crippen LogP contribution < -0.4 is 0 Å². The molecular formula is C8H10O3. The zero-order valence-electron chi connectivity index (χ0n) is 6.64. The van der Waals surface area contributed by atoms with Gasteiger partial charge in [-0.2, -0.15) is 0 Å². The number of hydrogen-bond donors (Lipinski definition) is 0. The summed E-state index contributed by atoms with van der Waals surface area (Å²) in [6.45, 7) is 6.98. The molecule has 0 unspecified atom stereocenters. The Bertz CT molecular complexity index is 238. The van der Waals surface area contributed by atoms with Crippen molar-refractivity contribution in [1.29, 1.82) is 0 Å². The molecule has 3 nitrogen and oxygen atoms in total. The third-order valence-electron chi connectivity index (χ3n) is 1.49. The molecule has 0 spiro atoms. The number of hydrogen-bond acceptors (Lipinski definition) is 3. The summed E-state index contributed by atoms with van der Waals surface area (Å²) in [4.78, 5) is 11.0. The summed E-state index contributed by atoms with van der Waals surface area (Å²) >= 11 is 0. The smallest absolute Gasteiger partial charge is 0.344 e. The zero-order chi connectivity index (χ0) is 8.43. The molecule has 0 aromatic carbocycles. The summed E-state index contributed by atoms with van der Waals surface area (Å²) < 4.78 is 9.68. The highest BCUT2D eigenvalue weighted by molar-refractivity contribution is 5.89. The van der Waals surface area contributed by atoms with Gasteiger partial charge in [-0.05, 0) is 13.5 Å². The highest BCUT2D eigenvalue weighted by atomic mass is 16.7. The lowest BCUT2D eigenvalue weighted by molar-refractivity contribution is -0.142. The summed E-state index contributed by atoms with van der Waals surface area (Å²) in [6.07, 6.45) is 0.681. The van der Waals surface area contributed by atoms with E-state index in [9.17, 15) is 4.79 Å². The van der Waals surface area contributed by atoms with E-state index in [0.29, 0.717) is 17.8 Å². The van der Waals surface area contributed by atoms with Crippen molar-refractivity contribution in [3.63, 3.8) is 0 Å². The van der Waals surface area contributed by atoms with E-state index in [4.69, 9.17) is 4.74 Å². The molecule has 60 valence electrons. The molecule has 0 fully saturated rings. The maximum atomic E-state index is 11.0. The number of carbonyl (C=O) groups is 1. The molecule has 3 heteroatoms. The minimum absolute atomic E-state index is 0.0671. The fraction of sp³-hybridized carbons (Fsp3) is 0.375. The van der Waals surface area contributed by atoms with Crippen LogP contribution >= 0.6 is 0 Å². The van der Waals surface area contributed by atoms with Gasteiger partial charge in [0.2, 0.25) is 0 Å². The van der Waals surface area contributed by atoms with Gasteiger partial charge < -0.3 is 9.47 Å². The first-order chi connectivity index (χ1) is 5.15. The van der Waals surface area contributed by atoms with Gasteiger partial charge in [0.05, 0.1) is 5.57 Å². The monoisotopic (exact) mass is 154 g/mol. The van der Waals surface area contributed by atoms with Gasteiger partial charge in [-0.25, -0.2) is 4.79 Å². The zero-order valence-corrected chi connectivity index (χ0v) is 6.64. The molecule has 1 aliphatic heterocycles. The molecule has 0 saturated heterocycles. The molecule has 1 aliphatic rings. The van der Waals surface area contributed by atoms with E-state index < -0.39 is 0 Å². The average Bonchev–Trinajstić information content (AvgIpc) is 1.96. The van der Waals surface area contributed by atoms with Crippen molar-refractivity contribution < 1.29 is 14.3 Å². The first-order valence-corrected chi connectivity index (χ1v) is 3.43. The summed E-state index contributed by atoms with van der Waals surface area (Å²) in [5.41, 5.74) is 0.528.